The van der Waals surface area contributed by atoms with E-state index in [0.29, 0.717) is 22.3 Å². The van der Waals surface area contributed by atoms with Crippen LogP contribution in [0, 0.1) is 0 Å². The van der Waals surface area contributed by atoms with E-state index in [1.165, 1.54) is 0 Å². The molecule has 5 rings (SSSR count). The van der Waals surface area contributed by atoms with Crippen LogP contribution in [-0.2, 0) is 9.47 Å². The third-order valence-electron chi connectivity index (χ3n) is 4.96. The highest BCUT2D eigenvalue weighted by atomic mass is 32.1. The molecule has 0 fully saturated rings. The topological polar surface area (TPSA) is 52.6 Å². The molecular weight excluding hydrogens is 481 g/mol. The van der Waals surface area contributed by atoms with Gasteiger partial charge in [0.25, 0.3) is 0 Å². The zero-order valence-corrected chi connectivity index (χ0v) is 20.6. The largest absolute Gasteiger partial charge is 0.462 e. The van der Waals surface area contributed by atoms with E-state index in [1.807, 2.05) is 10.8 Å². The summed E-state index contributed by atoms with van der Waals surface area (Å²) < 4.78 is 15.4. The molecule has 0 saturated heterocycles. The number of benzene rings is 1. The fraction of sp³-hybridized carbons (Fsp3) is 0.167. The van der Waals surface area contributed by atoms with Crippen LogP contribution in [0.3, 0.4) is 0 Å². The molecule has 0 amide bonds. The third kappa shape index (κ3) is 3.77. The lowest BCUT2D eigenvalue weighted by Crippen LogP contribution is -2.11. The maximum absolute atomic E-state index is 13.0. The Bertz CT molecular complexity index is 1280. The van der Waals surface area contributed by atoms with Gasteiger partial charge in [0.05, 0.1) is 24.3 Å². The minimum Gasteiger partial charge on any atom is -0.462 e. The number of ether oxygens (including phenoxy) is 2. The second kappa shape index (κ2) is 8.78. The number of thiophene rings is 4. The van der Waals surface area contributed by atoms with E-state index in [4.69, 9.17) is 9.47 Å². The standard InChI is InChI=1S/C24H18O4S4/c1-3-27-23(25)15-9-14(20-12-22-18(32-20)6-8-30-22)16(24(26)28-4-2)10-13(15)19-11-21-17(31-19)5-7-29-21/h5-12H,3-4H2,1-2H3. The molecule has 0 bridgehead atoms. The van der Waals surface area contributed by atoms with Crippen LogP contribution in [-0.4, -0.2) is 25.2 Å². The Morgan fingerprint density at radius 3 is 1.50 bits per heavy atom. The molecule has 0 aliphatic rings. The number of fused-ring (bicyclic) bond motifs is 2. The van der Waals surface area contributed by atoms with Gasteiger partial charge in [0.15, 0.2) is 0 Å². The van der Waals surface area contributed by atoms with Gasteiger partial charge >= 0.3 is 11.9 Å². The SMILES string of the molecule is CCOC(=O)c1cc(-c2cc3sccc3s2)c(C(=O)OCC)cc1-c1cc2sccc2s1. The van der Waals surface area contributed by atoms with Gasteiger partial charge in [-0.05, 0) is 61.0 Å². The Balaban J connectivity index is 1.76. The maximum atomic E-state index is 13.0. The minimum atomic E-state index is -0.394. The predicted octanol–water partition coefficient (Wildman–Crippen LogP) is 7.93. The van der Waals surface area contributed by atoms with Gasteiger partial charge in [-0.2, -0.15) is 0 Å². The predicted molar refractivity (Wildman–Crippen MR) is 136 cm³/mol. The van der Waals surface area contributed by atoms with Crippen molar-refractivity contribution in [2.45, 2.75) is 13.8 Å². The molecule has 8 heteroatoms. The zero-order chi connectivity index (χ0) is 22.2. The van der Waals surface area contributed by atoms with Crippen LogP contribution in [0.4, 0.5) is 0 Å². The van der Waals surface area contributed by atoms with Crippen molar-refractivity contribution >= 4 is 76.1 Å². The Labute approximate surface area is 200 Å². The summed E-state index contributed by atoms with van der Waals surface area (Å²) in [7, 11) is 0. The van der Waals surface area contributed by atoms with Crippen molar-refractivity contribution in [3.63, 3.8) is 0 Å². The first-order chi connectivity index (χ1) is 15.6. The molecule has 5 aromatic rings. The van der Waals surface area contributed by atoms with Crippen LogP contribution in [0.15, 0.2) is 47.2 Å². The van der Waals surface area contributed by atoms with Crippen molar-refractivity contribution in [1.82, 2.24) is 0 Å². The monoisotopic (exact) mass is 498 g/mol. The van der Waals surface area contributed by atoms with Gasteiger partial charge in [-0.3, -0.25) is 0 Å². The van der Waals surface area contributed by atoms with Crippen molar-refractivity contribution in [3.05, 3.63) is 58.3 Å². The van der Waals surface area contributed by atoms with E-state index in [2.05, 4.69) is 24.3 Å². The summed E-state index contributed by atoms with van der Waals surface area (Å²) in [6.45, 7) is 4.14. The van der Waals surface area contributed by atoms with Crippen LogP contribution in [0.2, 0.25) is 0 Å². The van der Waals surface area contributed by atoms with Gasteiger partial charge in [-0.15, -0.1) is 45.3 Å². The van der Waals surface area contributed by atoms with Gasteiger partial charge < -0.3 is 9.47 Å². The number of rotatable bonds is 6. The zero-order valence-electron chi connectivity index (χ0n) is 17.3. The lowest BCUT2D eigenvalue weighted by molar-refractivity contribution is 0.0513. The van der Waals surface area contributed by atoms with Crippen molar-refractivity contribution in [2.24, 2.45) is 0 Å². The first kappa shape index (κ1) is 21.3. The lowest BCUT2D eigenvalue weighted by atomic mass is 9.96. The molecule has 32 heavy (non-hydrogen) atoms. The molecule has 1 aromatic carbocycles. The van der Waals surface area contributed by atoms with E-state index in [0.717, 1.165) is 28.6 Å². The van der Waals surface area contributed by atoms with E-state index >= 15 is 0 Å². The summed E-state index contributed by atoms with van der Waals surface area (Å²) in [6, 6.07) is 11.9. The summed E-state index contributed by atoms with van der Waals surface area (Å²) in [5.41, 5.74) is 2.31. The summed E-state index contributed by atoms with van der Waals surface area (Å²) in [6.07, 6.45) is 0. The molecule has 0 unspecified atom stereocenters. The highest BCUT2D eigenvalue weighted by Gasteiger charge is 2.24. The Morgan fingerprint density at radius 1 is 0.688 bits per heavy atom. The first-order valence-electron chi connectivity index (χ1n) is 10.1. The van der Waals surface area contributed by atoms with Crippen LogP contribution < -0.4 is 0 Å². The Morgan fingerprint density at radius 2 is 1.12 bits per heavy atom. The smallest absolute Gasteiger partial charge is 0.338 e. The van der Waals surface area contributed by atoms with Crippen LogP contribution in [0.1, 0.15) is 34.6 Å². The lowest BCUT2D eigenvalue weighted by Gasteiger charge is -2.14. The molecule has 4 nitrogen and oxygen atoms in total. The second-order valence-corrected chi connectivity index (χ2v) is 11.0. The fourth-order valence-electron chi connectivity index (χ4n) is 3.56. The van der Waals surface area contributed by atoms with Crippen LogP contribution in [0.25, 0.3) is 39.7 Å². The Kier molecular flexibility index (Phi) is 5.86. The molecule has 0 N–H and O–H groups in total. The third-order valence-corrected chi connectivity index (χ3v) is 9.21. The summed E-state index contributed by atoms with van der Waals surface area (Å²) in [5.74, 6) is -0.788. The highest BCUT2D eigenvalue weighted by Crippen LogP contribution is 2.43. The van der Waals surface area contributed by atoms with E-state index in [1.54, 1.807) is 71.3 Å². The molecule has 0 saturated carbocycles. The quantitative estimate of drug-likeness (QED) is 0.223. The van der Waals surface area contributed by atoms with E-state index in [-0.39, 0.29) is 13.2 Å². The first-order valence-corrected chi connectivity index (χ1v) is 13.4. The van der Waals surface area contributed by atoms with Crippen LogP contribution in [0.5, 0.6) is 0 Å². The van der Waals surface area contributed by atoms with Gasteiger partial charge in [0.1, 0.15) is 0 Å². The summed E-state index contributed by atoms with van der Waals surface area (Å²) >= 11 is 6.51. The molecule has 0 atom stereocenters. The number of carbonyl (C=O) groups excluding carboxylic acids is 2. The fourth-order valence-corrected chi connectivity index (χ4v) is 7.84. The number of carbonyl (C=O) groups is 2. The molecule has 0 aliphatic heterocycles. The molecule has 4 heterocycles. The van der Waals surface area contributed by atoms with Gasteiger partial charge in [-0.1, -0.05) is 0 Å². The summed E-state index contributed by atoms with van der Waals surface area (Å²) in [4.78, 5) is 27.8. The van der Waals surface area contributed by atoms with Crippen LogP contribution >= 0.6 is 45.3 Å². The molecular formula is C24H18O4S4. The molecule has 0 aliphatic carbocycles. The minimum absolute atomic E-state index is 0.279. The van der Waals surface area contributed by atoms with Crippen molar-refractivity contribution in [2.75, 3.05) is 13.2 Å². The van der Waals surface area contributed by atoms with Gasteiger partial charge in [0.2, 0.25) is 0 Å². The van der Waals surface area contributed by atoms with Gasteiger partial charge in [0, 0.05) is 39.7 Å². The number of hydrogen-bond donors (Lipinski definition) is 0. The van der Waals surface area contributed by atoms with Crippen molar-refractivity contribution in [3.8, 4) is 20.9 Å². The van der Waals surface area contributed by atoms with Crippen molar-refractivity contribution in [1.29, 1.82) is 0 Å². The average molecular weight is 499 g/mol. The number of esters is 2. The van der Waals surface area contributed by atoms with Crippen molar-refractivity contribution < 1.29 is 19.1 Å². The van der Waals surface area contributed by atoms with E-state index < -0.39 is 11.9 Å². The second-order valence-electron chi connectivity index (χ2n) is 6.90. The molecule has 162 valence electrons. The molecule has 4 aromatic heterocycles. The summed E-state index contributed by atoms with van der Waals surface area (Å²) in [5, 5.41) is 4.10. The highest BCUT2D eigenvalue weighted by molar-refractivity contribution is 7.29. The van der Waals surface area contributed by atoms with E-state index in [9.17, 15) is 9.59 Å². The van der Waals surface area contributed by atoms with Gasteiger partial charge in [-0.25, -0.2) is 9.59 Å². The Hall–Kier alpha value is -2.52. The molecule has 0 spiro atoms. The molecule has 0 radical (unpaired) electrons. The number of hydrogen-bond acceptors (Lipinski definition) is 8. The normalized spacial score (nSPS) is 11.3. The maximum Gasteiger partial charge on any atom is 0.338 e. The average Bonchev–Trinajstić information content (AvgIpc) is 3.53.